The highest BCUT2D eigenvalue weighted by Gasteiger charge is 2.34. The van der Waals surface area contributed by atoms with Gasteiger partial charge < -0.3 is 19.9 Å². The number of benzene rings is 1. The molecule has 0 saturated carbocycles. The lowest BCUT2D eigenvalue weighted by molar-refractivity contribution is -0.137. The lowest BCUT2D eigenvalue weighted by Crippen LogP contribution is -2.52. The third-order valence-corrected chi connectivity index (χ3v) is 4.07. The van der Waals surface area contributed by atoms with Crippen molar-refractivity contribution in [2.45, 2.75) is 32.5 Å². The number of carbonyl (C=O) groups is 2. The zero-order valence-electron chi connectivity index (χ0n) is 15.2. The Kier molecular flexibility index (Phi) is 6.14. The van der Waals surface area contributed by atoms with Crippen LogP contribution in [0.25, 0.3) is 0 Å². The van der Waals surface area contributed by atoms with E-state index in [0.717, 1.165) is 12.1 Å². The molecule has 1 aromatic rings. The quantitative estimate of drug-likeness (QED) is 0.748. The fourth-order valence-corrected chi connectivity index (χ4v) is 2.67. The Balaban J connectivity index is 1.94. The summed E-state index contributed by atoms with van der Waals surface area (Å²) in [6.45, 7) is 6.31. The Bertz CT molecular complexity index is 712. The van der Waals surface area contributed by atoms with Crippen LogP contribution in [0.4, 0.5) is 28.4 Å². The highest BCUT2D eigenvalue weighted by Crippen LogP contribution is 2.36. The van der Waals surface area contributed by atoms with Crippen molar-refractivity contribution in [1.82, 2.24) is 9.80 Å². The molecule has 1 aliphatic rings. The number of alkyl halides is 3. The number of amides is 3. The van der Waals surface area contributed by atoms with Crippen LogP contribution in [0.5, 0.6) is 0 Å². The van der Waals surface area contributed by atoms with E-state index >= 15 is 0 Å². The van der Waals surface area contributed by atoms with Crippen LogP contribution in [0.15, 0.2) is 18.2 Å². The molecule has 0 aromatic heterocycles. The molecule has 0 atom stereocenters. The topological polar surface area (TPSA) is 61.9 Å². The first-order chi connectivity index (χ1) is 12.4. The van der Waals surface area contributed by atoms with Gasteiger partial charge in [0.25, 0.3) is 0 Å². The average molecular weight is 408 g/mol. The van der Waals surface area contributed by atoms with Crippen LogP contribution in [0.1, 0.15) is 26.3 Å². The lowest BCUT2D eigenvalue weighted by atomic mass is 10.2. The number of hydrogen-bond acceptors (Lipinski definition) is 3. The number of anilines is 1. The molecule has 1 N–H and O–H groups in total. The van der Waals surface area contributed by atoms with E-state index in [9.17, 15) is 22.8 Å². The largest absolute Gasteiger partial charge is 0.444 e. The van der Waals surface area contributed by atoms with Crippen molar-refractivity contribution in [1.29, 1.82) is 0 Å². The molecule has 1 aromatic carbocycles. The number of piperazine rings is 1. The molecule has 2 rings (SSSR count). The summed E-state index contributed by atoms with van der Waals surface area (Å²) < 4.78 is 44.0. The minimum atomic E-state index is -4.61. The normalized spacial score (nSPS) is 15.5. The van der Waals surface area contributed by atoms with Gasteiger partial charge in [0.1, 0.15) is 5.60 Å². The summed E-state index contributed by atoms with van der Waals surface area (Å²) in [4.78, 5) is 27.2. The van der Waals surface area contributed by atoms with Gasteiger partial charge in [0.05, 0.1) is 10.6 Å². The minimum Gasteiger partial charge on any atom is -0.444 e. The predicted octanol–water partition coefficient (Wildman–Crippen LogP) is 4.44. The third kappa shape index (κ3) is 5.92. The van der Waals surface area contributed by atoms with Crippen molar-refractivity contribution in [3.8, 4) is 0 Å². The van der Waals surface area contributed by atoms with E-state index in [-0.39, 0.29) is 31.9 Å². The molecule has 0 aliphatic carbocycles. The van der Waals surface area contributed by atoms with Crippen molar-refractivity contribution in [2.24, 2.45) is 0 Å². The summed E-state index contributed by atoms with van der Waals surface area (Å²) in [5.41, 5.74) is -1.64. The Hall–Kier alpha value is -2.16. The van der Waals surface area contributed by atoms with Crippen LogP contribution < -0.4 is 5.32 Å². The van der Waals surface area contributed by atoms with Crippen LogP contribution in [0.2, 0.25) is 5.02 Å². The number of halogens is 4. The van der Waals surface area contributed by atoms with Gasteiger partial charge in [0.2, 0.25) is 0 Å². The minimum absolute atomic E-state index is 0.00806. The van der Waals surface area contributed by atoms with Crippen molar-refractivity contribution in [3.05, 3.63) is 28.8 Å². The van der Waals surface area contributed by atoms with Gasteiger partial charge in [-0.15, -0.1) is 0 Å². The second-order valence-electron chi connectivity index (χ2n) is 7.08. The number of rotatable bonds is 1. The van der Waals surface area contributed by atoms with E-state index in [1.165, 1.54) is 15.9 Å². The number of hydrogen-bond donors (Lipinski definition) is 1. The van der Waals surface area contributed by atoms with Gasteiger partial charge in [-0.2, -0.15) is 13.2 Å². The Morgan fingerprint density at radius 2 is 1.63 bits per heavy atom. The standard InChI is InChI=1S/C17H21ClF3N3O3/c1-16(2,3)27-15(26)24-8-6-23(7-9-24)14(25)22-11-4-5-13(18)12(10-11)17(19,20)21/h4-5,10H,6-9H2,1-3H3,(H,22,25). The van der Waals surface area contributed by atoms with E-state index in [4.69, 9.17) is 16.3 Å². The van der Waals surface area contributed by atoms with Gasteiger partial charge in [-0.1, -0.05) is 11.6 Å². The van der Waals surface area contributed by atoms with E-state index in [1.807, 2.05) is 0 Å². The van der Waals surface area contributed by atoms with Crippen molar-refractivity contribution >= 4 is 29.4 Å². The van der Waals surface area contributed by atoms with Gasteiger partial charge in [0, 0.05) is 31.9 Å². The molecule has 27 heavy (non-hydrogen) atoms. The summed E-state index contributed by atoms with van der Waals surface area (Å²) in [5.74, 6) is 0. The first kappa shape index (κ1) is 21.1. The van der Waals surface area contributed by atoms with Crippen molar-refractivity contribution in [3.63, 3.8) is 0 Å². The number of nitrogens with one attached hydrogen (secondary N) is 1. The van der Waals surface area contributed by atoms with Crippen molar-refractivity contribution in [2.75, 3.05) is 31.5 Å². The monoisotopic (exact) mass is 407 g/mol. The zero-order chi connectivity index (χ0) is 20.4. The van der Waals surface area contributed by atoms with E-state index in [2.05, 4.69) is 5.32 Å². The van der Waals surface area contributed by atoms with Gasteiger partial charge in [-0.25, -0.2) is 9.59 Å². The van der Waals surface area contributed by atoms with Gasteiger partial charge in [-0.3, -0.25) is 0 Å². The molecule has 1 heterocycles. The number of urea groups is 1. The second-order valence-corrected chi connectivity index (χ2v) is 7.48. The van der Waals surface area contributed by atoms with Crippen LogP contribution in [0.3, 0.4) is 0 Å². The van der Waals surface area contributed by atoms with E-state index in [0.29, 0.717) is 0 Å². The molecule has 6 nitrogen and oxygen atoms in total. The maximum absolute atomic E-state index is 12.9. The maximum Gasteiger partial charge on any atom is 0.417 e. The van der Waals surface area contributed by atoms with Gasteiger partial charge in [0.15, 0.2) is 0 Å². The molecular formula is C17H21ClF3N3O3. The van der Waals surface area contributed by atoms with E-state index in [1.54, 1.807) is 20.8 Å². The lowest BCUT2D eigenvalue weighted by Gasteiger charge is -2.35. The summed E-state index contributed by atoms with van der Waals surface area (Å²) in [5, 5.41) is 1.99. The molecule has 10 heteroatoms. The van der Waals surface area contributed by atoms with Crippen LogP contribution in [-0.4, -0.2) is 53.7 Å². The average Bonchev–Trinajstić information content (AvgIpc) is 2.54. The molecule has 0 unspecified atom stereocenters. The third-order valence-electron chi connectivity index (χ3n) is 3.74. The number of nitrogens with zero attached hydrogens (tertiary/aromatic N) is 2. The smallest absolute Gasteiger partial charge is 0.417 e. The van der Waals surface area contributed by atoms with Crippen LogP contribution in [-0.2, 0) is 10.9 Å². The van der Waals surface area contributed by atoms with Crippen LogP contribution in [0, 0.1) is 0 Å². The fraction of sp³-hybridized carbons (Fsp3) is 0.529. The Morgan fingerprint density at radius 3 is 2.15 bits per heavy atom. The molecular weight excluding hydrogens is 387 g/mol. The molecule has 150 valence electrons. The molecule has 1 saturated heterocycles. The summed E-state index contributed by atoms with van der Waals surface area (Å²) in [7, 11) is 0. The van der Waals surface area contributed by atoms with Crippen LogP contribution >= 0.6 is 11.6 Å². The summed E-state index contributed by atoms with van der Waals surface area (Å²) >= 11 is 5.57. The second kappa shape index (κ2) is 7.84. The number of ether oxygens (including phenoxy) is 1. The Labute approximate surface area is 160 Å². The molecule has 0 spiro atoms. The first-order valence-electron chi connectivity index (χ1n) is 8.27. The molecule has 3 amide bonds. The first-order valence-corrected chi connectivity index (χ1v) is 8.65. The maximum atomic E-state index is 12.9. The molecule has 1 fully saturated rings. The number of carbonyl (C=O) groups excluding carboxylic acids is 2. The predicted molar refractivity (Wildman–Crippen MR) is 94.9 cm³/mol. The highest BCUT2D eigenvalue weighted by atomic mass is 35.5. The molecule has 1 aliphatic heterocycles. The van der Waals surface area contributed by atoms with Gasteiger partial charge >= 0.3 is 18.3 Å². The molecule has 0 radical (unpaired) electrons. The van der Waals surface area contributed by atoms with Gasteiger partial charge in [-0.05, 0) is 39.0 Å². The summed E-state index contributed by atoms with van der Waals surface area (Å²) in [6.07, 6.45) is -5.08. The summed E-state index contributed by atoms with van der Waals surface area (Å²) in [6, 6.07) is 2.62. The molecule has 0 bridgehead atoms. The van der Waals surface area contributed by atoms with E-state index < -0.39 is 34.5 Å². The fourth-order valence-electron chi connectivity index (χ4n) is 2.44. The Morgan fingerprint density at radius 1 is 1.07 bits per heavy atom. The van der Waals surface area contributed by atoms with Crippen molar-refractivity contribution < 1.29 is 27.5 Å². The highest BCUT2D eigenvalue weighted by molar-refractivity contribution is 6.31. The zero-order valence-corrected chi connectivity index (χ0v) is 15.9. The SMILES string of the molecule is CC(C)(C)OC(=O)N1CCN(C(=O)Nc2ccc(Cl)c(C(F)(F)F)c2)CC1.